The number of carbonyl (C=O) groups is 1. The highest BCUT2D eigenvalue weighted by Gasteiger charge is 2.20. The highest BCUT2D eigenvalue weighted by molar-refractivity contribution is 6.64. The van der Waals surface area contributed by atoms with Crippen molar-refractivity contribution in [2.24, 2.45) is 4.99 Å². The predicted octanol–water partition coefficient (Wildman–Crippen LogP) is 1.93. The van der Waals surface area contributed by atoms with Crippen molar-refractivity contribution in [1.82, 2.24) is 4.90 Å². The van der Waals surface area contributed by atoms with Crippen LogP contribution in [0.15, 0.2) is 16.3 Å². The fourth-order valence-electron chi connectivity index (χ4n) is 1.78. The molecule has 1 heterocycles. The summed E-state index contributed by atoms with van der Waals surface area (Å²) in [6, 6.07) is 3.27. The average Bonchev–Trinajstić information content (AvgIpc) is 2.48. The summed E-state index contributed by atoms with van der Waals surface area (Å²) in [5.74, 6) is -0.819. The number of piperidine rings is 1. The largest absolute Gasteiger partial charge is 0.461 e. The van der Waals surface area contributed by atoms with Gasteiger partial charge in [-0.15, -0.1) is 0 Å². The van der Waals surface area contributed by atoms with E-state index in [0.717, 1.165) is 32.4 Å². The standard InChI is InChI=1S/C13H15ClN4O2/c1-2-20-12(19)11(10(8-15)9-16)17-13(14)18-6-4-3-5-7-18/h2-7H2,1H3. The first-order valence-electron chi connectivity index (χ1n) is 6.34. The normalized spacial score (nSPS) is 15.0. The van der Waals surface area contributed by atoms with Crippen molar-refractivity contribution in [3.63, 3.8) is 0 Å². The number of likely N-dealkylation sites (tertiary alicyclic amines) is 1. The van der Waals surface area contributed by atoms with Crippen LogP contribution in [0, 0.1) is 22.7 Å². The molecule has 106 valence electrons. The second-order valence-electron chi connectivity index (χ2n) is 4.10. The van der Waals surface area contributed by atoms with Gasteiger partial charge in [-0.2, -0.15) is 10.5 Å². The Bertz CT molecular complexity index is 491. The molecule has 0 aromatic rings. The number of nitriles is 2. The first-order chi connectivity index (χ1) is 9.63. The number of aliphatic imine (C=N–C) groups is 1. The summed E-state index contributed by atoms with van der Waals surface area (Å²) in [4.78, 5) is 17.5. The molecule has 0 bridgehead atoms. The molecule has 1 aliphatic heterocycles. The highest BCUT2D eigenvalue weighted by atomic mass is 35.5. The van der Waals surface area contributed by atoms with Crippen molar-refractivity contribution in [2.75, 3.05) is 19.7 Å². The molecule has 0 aromatic heterocycles. The molecule has 1 saturated heterocycles. The first kappa shape index (κ1) is 16.0. The van der Waals surface area contributed by atoms with Crippen LogP contribution >= 0.6 is 11.6 Å². The van der Waals surface area contributed by atoms with Gasteiger partial charge in [0.25, 0.3) is 0 Å². The van der Waals surface area contributed by atoms with Gasteiger partial charge >= 0.3 is 5.97 Å². The summed E-state index contributed by atoms with van der Waals surface area (Å²) < 4.78 is 4.79. The highest BCUT2D eigenvalue weighted by Crippen LogP contribution is 2.15. The maximum atomic E-state index is 11.8. The molecule has 0 spiro atoms. The number of nitrogens with zero attached hydrogens (tertiary/aromatic N) is 4. The van der Waals surface area contributed by atoms with Gasteiger partial charge in [-0.25, -0.2) is 9.79 Å². The van der Waals surface area contributed by atoms with Gasteiger partial charge < -0.3 is 9.64 Å². The molecule has 0 radical (unpaired) electrons. The van der Waals surface area contributed by atoms with Crippen LogP contribution in [0.5, 0.6) is 0 Å². The molecule has 0 N–H and O–H groups in total. The summed E-state index contributed by atoms with van der Waals surface area (Å²) in [7, 11) is 0. The second kappa shape index (κ2) is 8.19. The molecule has 7 heteroatoms. The minimum atomic E-state index is -0.819. The Morgan fingerprint density at radius 2 is 1.90 bits per heavy atom. The van der Waals surface area contributed by atoms with Crippen molar-refractivity contribution in [3.8, 4) is 12.1 Å². The number of esters is 1. The maximum absolute atomic E-state index is 11.8. The summed E-state index contributed by atoms with van der Waals surface area (Å²) in [6.45, 7) is 3.24. The van der Waals surface area contributed by atoms with E-state index in [1.165, 1.54) is 0 Å². The third-order valence-corrected chi connectivity index (χ3v) is 3.07. The fourth-order valence-corrected chi connectivity index (χ4v) is 2.03. The number of carbonyl (C=O) groups excluding carboxylic acids is 1. The van der Waals surface area contributed by atoms with Crippen LogP contribution < -0.4 is 0 Å². The zero-order valence-corrected chi connectivity index (χ0v) is 12.0. The molecule has 0 aliphatic carbocycles. The van der Waals surface area contributed by atoms with Crippen molar-refractivity contribution in [3.05, 3.63) is 11.3 Å². The van der Waals surface area contributed by atoms with Crippen LogP contribution in [0.3, 0.4) is 0 Å². The molecule has 0 saturated carbocycles. The molecule has 1 aliphatic rings. The molecule has 1 fully saturated rings. The SMILES string of the molecule is CCOC(=O)C(N=C(Cl)N1CCCCC1)=C(C#N)C#N. The maximum Gasteiger partial charge on any atom is 0.359 e. The average molecular weight is 295 g/mol. The lowest BCUT2D eigenvalue weighted by molar-refractivity contribution is -0.138. The minimum absolute atomic E-state index is 0.107. The van der Waals surface area contributed by atoms with Gasteiger partial charge in [0.2, 0.25) is 0 Å². The summed E-state index contributed by atoms with van der Waals surface area (Å²) in [6.07, 6.45) is 3.12. The van der Waals surface area contributed by atoms with Gasteiger partial charge in [-0.3, -0.25) is 0 Å². The van der Waals surface area contributed by atoms with Crippen molar-refractivity contribution in [1.29, 1.82) is 10.5 Å². The molecule has 0 atom stereocenters. The lowest BCUT2D eigenvalue weighted by Crippen LogP contribution is -2.33. The lowest BCUT2D eigenvalue weighted by atomic mass is 10.1. The number of ether oxygens (including phenoxy) is 1. The Labute approximate surface area is 122 Å². The van der Waals surface area contributed by atoms with Gasteiger partial charge in [-0.05, 0) is 37.8 Å². The molecule has 1 rings (SSSR count). The van der Waals surface area contributed by atoms with Gasteiger partial charge in [0.1, 0.15) is 12.1 Å². The minimum Gasteiger partial charge on any atom is -0.461 e. The number of hydrogen-bond donors (Lipinski definition) is 0. The Morgan fingerprint density at radius 1 is 1.30 bits per heavy atom. The van der Waals surface area contributed by atoms with Crippen molar-refractivity contribution < 1.29 is 9.53 Å². The van der Waals surface area contributed by atoms with Crippen molar-refractivity contribution in [2.45, 2.75) is 26.2 Å². The number of hydrogen-bond acceptors (Lipinski definition) is 5. The fraction of sp³-hybridized carbons (Fsp3) is 0.538. The van der Waals surface area contributed by atoms with E-state index in [4.69, 9.17) is 26.9 Å². The lowest BCUT2D eigenvalue weighted by Gasteiger charge is -2.26. The van der Waals surface area contributed by atoms with Gasteiger partial charge in [0.05, 0.1) is 6.61 Å². The van der Waals surface area contributed by atoms with E-state index in [2.05, 4.69) is 4.99 Å². The van der Waals surface area contributed by atoms with E-state index in [1.807, 2.05) is 4.90 Å². The summed E-state index contributed by atoms with van der Waals surface area (Å²) >= 11 is 6.07. The predicted molar refractivity (Wildman–Crippen MR) is 73.6 cm³/mol. The van der Waals surface area contributed by atoms with E-state index in [0.29, 0.717) is 0 Å². The molecule has 0 amide bonds. The second-order valence-corrected chi connectivity index (χ2v) is 4.43. The number of rotatable bonds is 3. The monoisotopic (exact) mass is 294 g/mol. The molecule has 0 unspecified atom stereocenters. The molecule has 6 nitrogen and oxygen atoms in total. The van der Waals surface area contributed by atoms with Gasteiger partial charge in [0.15, 0.2) is 16.6 Å². The van der Waals surface area contributed by atoms with Crippen LogP contribution in [0.1, 0.15) is 26.2 Å². The van der Waals surface area contributed by atoms with Crippen LogP contribution in [0.2, 0.25) is 0 Å². The van der Waals surface area contributed by atoms with E-state index in [-0.39, 0.29) is 17.6 Å². The molecule has 0 aromatic carbocycles. The smallest absolute Gasteiger partial charge is 0.359 e. The first-order valence-corrected chi connectivity index (χ1v) is 6.72. The third-order valence-electron chi connectivity index (χ3n) is 2.75. The van der Waals surface area contributed by atoms with Crippen LogP contribution in [0.25, 0.3) is 0 Å². The molecule has 20 heavy (non-hydrogen) atoms. The third kappa shape index (κ3) is 4.25. The zero-order chi connectivity index (χ0) is 15.0. The molecular formula is C13H15ClN4O2. The number of halogens is 1. The number of amidine groups is 1. The quantitative estimate of drug-likeness (QED) is 0.198. The van der Waals surface area contributed by atoms with E-state index < -0.39 is 11.5 Å². The van der Waals surface area contributed by atoms with Crippen molar-refractivity contribution >= 4 is 22.9 Å². The van der Waals surface area contributed by atoms with Crippen LogP contribution in [-0.4, -0.2) is 35.9 Å². The Kier molecular flexibility index (Phi) is 6.55. The van der Waals surface area contributed by atoms with Gasteiger partial charge in [-0.1, -0.05) is 0 Å². The zero-order valence-electron chi connectivity index (χ0n) is 11.2. The van der Waals surface area contributed by atoms with E-state index >= 15 is 0 Å². The van der Waals surface area contributed by atoms with Crippen LogP contribution in [-0.2, 0) is 9.53 Å². The van der Waals surface area contributed by atoms with E-state index in [9.17, 15) is 4.79 Å². The molecular weight excluding hydrogens is 280 g/mol. The Balaban J connectivity index is 3.06. The topological polar surface area (TPSA) is 89.5 Å². The summed E-state index contributed by atoms with van der Waals surface area (Å²) in [5.41, 5.74) is -0.744. The summed E-state index contributed by atoms with van der Waals surface area (Å²) in [5, 5.41) is 17.9. The van der Waals surface area contributed by atoms with E-state index in [1.54, 1.807) is 19.1 Å². The number of allylic oxidation sites excluding steroid dienone is 1. The van der Waals surface area contributed by atoms with Gasteiger partial charge in [0, 0.05) is 13.1 Å². The Hall–Kier alpha value is -2.05. The van der Waals surface area contributed by atoms with Crippen LogP contribution in [0.4, 0.5) is 0 Å². The Morgan fingerprint density at radius 3 is 2.40 bits per heavy atom.